The number of benzene rings is 1. The van der Waals surface area contributed by atoms with Crippen LogP contribution in [0.2, 0.25) is 10.0 Å². The zero-order chi connectivity index (χ0) is 13.2. The van der Waals surface area contributed by atoms with Gasteiger partial charge in [0.2, 0.25) is 0 Å². The first-order valence-corrected chi connectivity index (χ1v) is 7.66. The Hall–Kier alpha value is -0.620. The lowest BCUT2D eigenvalue weighted by Crippen LogP contribution is -2.24. The molecule has 1 N–H and O–H groups in total. The quantitative estimate of drug-likeness (QED) is 0.934. The maximum absolute atomic E-state index is 6.24. The Kier molecular flexibility index (Phi) is 4.07. The van der Waals surface area contributed by atoms with Crippen LogP contribution in [-0.2, 0) is 4.74 Å². The van der Waals surface area contributed by atoms with Gasteiger partial charge in [-0.15, -0.1) is 0 Å². The maximum atomic E-state index is 6.24. The molecule has 102 valence electrons. The van der Waals surface area contributed by atoms with Gasteiger partial charge < -0.3 is 10.1 Å². The SMILES string of the molecule is Clc1cc(Cl)c2nsnc2c1NCC1CCCOC1. The summed E-state index contributed by atoms with van der Waals surface area (Å²) in [5, 5.41) is 4.50. The second-order valence-corrected chi connectivity index (χ2v) is 5.98. The molecule has 1 aliphatic rings. The summed E-state index contributed by atoms with van der Waals surface area (Å²) < 4.78 is 13.9. The molecule has 1 aliphatic heterocycles. The van der Waals surface area contributed by atoms with Gasteiger partial charge in [0.05, 0.1) is 34.1 Å². The number of halogens is 2. The van der Waals surface area contributed by atoms with Crippen molar-refractivity contribution >= 4 is 51.7 Å². The van der Waals surface area contributed by atoms with Crippen molar-refractivity contribution in [2.24, 2.45) is 5.92 Å². The van der Waals surface area contributed by atoms with Crippen molar-refractivity contribution in [2.75, 3.05) is 25.1 Å². The highest BCUT2D eigenvalue weighted by Gasteiger charge is 2.17. The minimum absolute atomic E-state index is 0.516. The standard InChI is InChI=1S/C12H13Cl2N3OS/c13-8-4-9(14)11-12(17-19-16-11)10(8)15-5-7-2-1-3-18-6-7/h4,7,15H,1-3,5-6H2. The van der Waals surface area contributed by atoms with E-state index in [0.717, 1.165) is 49.1 Å². The number of anilines is 1. The molecule has 0 saturated carbocycles. The lowest BCUT2D eigenvalue weighted by Gasteiger charge is -2.23. The topological polar surface area (TPSA) is 47.0 Å². The minimum atomic E-state index is 0.516. The Balaban J connectivity index is 1.81. The van der Waals surface area contributed by atoms with Crippen molar-refractivity contribution in [2.45, 2.75) is 12.8 Å². The summed E-state index contributed by atoms with van der Waals surface area (Å²) in [6, 6.07) is 1.71. The van der Waals surface area contributed by atoms with Gasteiger partial charge >= 0.3 is 0 Å². The van der Waals surface area contributed by atoms with E-state index in [1.165, 1.54) is 6.42 Å². The molecule has 2 heterocycles. The van der Waals surface area contributed by atoms with Gasteiger partial charge in [-0.3, -0.25) is 0 Å². The lowest BCUT2D eigenvalue weighted by molar-refractivity contribution is 0.0595. The maximum Gasteiger partial charge on any atom is 0.130 e. The molecule has 0 aliphatic carbocycles. The third kappa shape index (κ3) is 2.79. The normalized spacial score (nSPS) is 19.8. The molecule has 1 unspecified atom stereocenters. The minimum Gasteiger partial charge on any atom is -0.382 e. The molecule has 0 bridgehead atoms. The zero-order valence-corrected chi connectivity index (χ0v) is 12.5. The molecular weight excluding hydrogens is 305 g/mol. The molecule has 3 rings (SSSR count). The second kappa shape index (κ2) is 5.79. The van der Waals surface area contributed by atoms with Gasteiger partial charge in [0.15, 0.2) is 0 Å². The van der Waals surface area contributed by atoms with Crippen molar-refractivity contribution in [3.8, 4) is 0 Å². The average Bonchev–Trinajstić information content (AvgIpc) is 2.89. The highest BCUT2D eigenvalue weighted by atomic mass is 35.5. The molecule has 1 saturated heterocycles. The first-order valence-electron chi connectivity index (χ1n) is 6.17. The van der Waals surface area contributed by atoms with E-state index in [1.54, 1.807) is 6.07 Å². The van der Waals surface area contributed by atoms with Crippen LogP contribution in [0.4, 0.5) is 5.69 Å². The summed E-state index contributed by atoms with van der Waals surface area (Å²) in [5.41, 5.74) is 2.28. The number of rotatable bonds is 3. The van der Waals surface area contributed by atoms with Crippen LogP contribution in [0.25, 0.3) is 11.0 Å². The Labute approximate surface area is 125 Å². The molecule has 1 fully saturated rings. The number of hydrogen-bond acceptors (Lipinski definition) is 5. The van der Waals surface area contributed by atoms with Crippen molar-refractivity contribution in [1.29, 1.82) is 0 Å². The summed E-state index contributed by atoms with van der Waals surface area (Å²) in [6.45, 7) is 2.50. The summed E-state index contributed by atoms with van der Waals surface area (Å²) >= 11 is 13.5. The first-order chi connectivity index (χ1) is 9.25. The predicted octanol–water partition coefficient (Wildman–Crippen LogP) is 3.84. The smallest absolute Gasteiger partial charge is 0.130 e. The number of ether oxygens (including phenoxy) is 1. The summed E-state index contributed by atoms with van der Waals surface area (Å²) in [6.07, 6.45) is 2.30. The molecule has 7 heteroatoms. The monoisotopic (exact) mass is 317 g/mol. The van der Waals surface area contributed by atoms with E-state index < -0.39 is 0 Å². The Bertz CT molecular complexity index is 584. The molecular formula is C12H13Cl2N3OS. The number of hydrogen-bond donors (Lipinski definition) is 1. The van der Waals surface area contributed by atoms with Gasteiger partial charge in [0, 0.05) is 13.2 Å². The van der Waals surface area contributed by atoms with E-state index in [2.05, 4.69) is 14.1 Å². The summed E-state index contributed by atoms with van der Waals surface area (Å²) in [5.74, 6) is 0.516. The number of nitrogens with zero attached hydrogens (tertiary/aromatic N) is 2. The van der Waals surface area contributed by atoms with Crippen molar-refractivity contribution in [3.63, 3.8) is 0 Å². The summed E-state index contributed by atoms with van der Waals surface area (Å²) in [7, 11) is 0. The molecule has 1 aromatic heterocycles. The fourth-order valence-electron chi connectivity index (χ4n) is 2.26. The third-order valence-corrected chi connectivity index (χ3v) is 4.38. The van der Waals surface area contributed by atoms with Crippen LogP contribution in [0.1, 0.15) is 12.8 Å². The molecule has 0 radical (unpaired) electrons. The van der Waals surface area contributed by atoms with Gasteiger partial charge in [-0.05, 0) is 24.8 Å². The van der Waals surface area contributed by atoms with E-state index in [9.17, 15) is 0 Å². The van der Waals surface area contributed by atoms with E-state index in [-0.39, 0.29) is 0 Å². The fraction of sp³-hybridized carbons (Fsp3) is 0.500. The third-order valence-electron chi connectivity index (χ3n) is 3.27. The first kappa shape index (κ1) is 13.4. The van der Waals surface area contributed by atoms with Gasteiger partial charge in [-0.25, -0.2) is 0 Å². The van der Waals surface area contributed by atoms with Crippen LogP contribution in [0, 0.1) is 5.92 Å². The van der Waals surface area contributed by atoms with Crippen LogP contribution in [-0.4, -0.2) is 28.5 Å². The number of aromatic nitrogens is 2. The van der Waals surface area contributed by atoms with Gasteiger partial charge in [-0.1, -0.05) is 23.2 Å². The van der Waals surface area contributed by atoms with Crippen molar-refractivity contribution in [3.05, 3.63) is 16.1 Å². The van der Waals surface area contributed by atoms with Crippen LogP contribution >= 0.6 is 34.9 Å². The van der Waals surface area contributed by atoms with Crippen LogP contribution < -0.4 is 5.32 Å². The zero-order valence-electron chi connectivity index (χ0n) is 10.2. The van der Waals surface area contributed by atoms with E-state index >= 15 is 0 Å². The van der Waals surface area contributed by atoms with E-state index in [0.29, 0.717) is 21.5 Å². The number of fused-ring (bicyclic) bond motifs is 1. The highest BCUT2D eigenvalue weighted by molar-refractivity contribution is 7.00. The lowest BCUT2D eigenvalue weighted by atomic mass is 10.0. The van der Waals surface area contributed by atoms with Crippen molar-refractivity contribution < 1.29 is 4.74 Å². The number of nitrogens with one attached hydrogen (secondary N) is 1. The summed E-state index contributed by atoms with van der Waals surface area (Å²) in [4.78, 5) is 0. The Morgan fingerprint density at radius 1 is 1.32 bits per heavy atom. The largest absolute Gasteiger partial charge is 0.382 e. The Morgan fingerprint density at radius 2 is 2.16 bits per heavy atom. The van der Waals surface area contributed by atoms with Gasteiger partial charge in [0.25, 0.3) is 0 Å². The van der Waals surface area contributed by atoms with Crippen LogP contribution in [0.3, 0.4) is 0 Å². The highest BCUT2D eigenvalue weighted by Crippen LogP contribution is 2.35. The molecule has 0 amide bonds. The molecule has 1 aromatic carbocycles. The average molecular weight is 318 g/mol. The predicted molar refractivity (Wildman–Crippen MR) is 79.5 cm³/mol. The second-order valence-electron chi connectivity index (χ2n) is 4.64. The molecule has 19 heavy (non-hydrogen) atoms. The molecule has 0 spiro atoms. The van der Waals surface area contributed by atoms with Crippen LogP contribution in [0.5, 0.6) is 0 Å². The fourth-order valence-corrected chi connectivity index (χ4v) is 3.44. The van der Waals surface area contributed by atoms with E-state index in [4.69, 9.17) is 27.9 Å². The Morgan fingerprint density at radius 3 is 2.95 bits per heavy atom. The molecule has 4 nitrogen and oxygen atoms in total. The van der Waals surface area contributed by atoms with Crippen LogP contribution in [0.15, 0.2) is 6.07 Å². The molecule has 1 atom stereocenters. The van der Waals surface area contributed by atoms with Crippen molar-refractivity contribution in [1.82, 2.24) is 8.75 Å². The van der Waals surface area contributed by atoms with E-state index in [1.807, 2.05) is 0 Å². The van der Waals surface area contributed by atoms with Gasteiger partial charge in [0.1, 0.15) is 11.0 Å². The molecule has 2 aromatic rings. The van der Waals surface area contributed by atoms with Gasteiger partial charge in [-0.2, -0.15) is 8.75 Å².